The van der Waals surface area contributed by atoms with Gasteiger partial charge in [-0.1, -0.05) is 24.3 Å². The Morgan fingerprint density at radius 1 is 1.00 bits per heavy atom. The molecule has 1 N–H and O–H groups in total. The molecule has 0 aliphatic heterocycles. The third-order valence-corrected chi connectivity index (χ3v) is 5.97. The van der Waals surface area contributed by atoms with Gasteiger partial charge in [-0.15, -0.1) is 11.3 Å². The molecule has 34 heavy (non-hydrogen) atoms. The van der Waals surface area contributed by atoms with E-state index in [9.17, 15) is 9.90 Å². The van der Waals surface area contributed by atoms with E-state index in [4.69, 9.17) is 18.6 Å². The van der Waals surface area contributed by atoms with Crippen molar-refractivity contribution in [1.82, 2.24) is 4.98 Å². The van der Waals surface area contributed by atoms with Gasteiger partial charge in [0, 0.05) is 6.42 Å². The van der Waals surface area contributed by atoms with Crippen LogP contribution in [0.4, 0.5) is 0 Å². The zero-order valence-electron chi connectivity index (χ0n) is 18.9. The van der Waals surface area contributed by atoms with E-state index in [-0.39, 0.29) is 6.61 Å². The number of aromatic nitrogens is 1. The molecule has 1 atom stereocenters. The van der Waals surface area contributed by atoms with Crippen molar-refractivity contribution in [3.63, 3.8) is 0 Å². The normalized spacial score (nSPS) is 12.6. The van der Waals surface area contributed by atoms with Crippen molar-refractivity contribution < 1.29 is 28.5 Å². The summed E-state index contributed by atoms with van der Waals surface area (Å²) in [4.78, 5) is 17.4. The number of hydrogen-bond donors (Lipinski definition) is 1. The van der Waals surface area contributed by atoms with Crippen molar-refractivity contribution in [2.45, 2.75) is 25.9 Å². The Balaban J connectivity index is 1.29. The molecule has 0 amide bonds. The summed E-state index contributed by atoms with van der Waals surface area (Å²) in [6.07, 6.45) is 0.618. The zero-order chi connectivity index (χ0) is 24.0. The molecule has 8 heteroatoms. The molecule has 2 aromatic carbocycles. The monoisotopic (exact) mass is 479 g/mol. The molecule has 0 bridgehead atoms. The van der Waals surface area contributed by atoms with Gasteiger partial charge in [0.05, 0.1) is 17.2 Å². The number of rotatable bonds is 11. The topological polar surface area (TPSA) is 91.0 Å². The van der Waals surface area contributed by atoms with Gasteiger partial charge in [-0.2, -0.15) is 0 Å². The fraction of sp³-hybridized carbons (Fsp3) is 0.231. The van der Waals surface area contributed by atoms with Crippen molar-refractivity contribution >= 4 is 17.3 Å². The fourth-order valence-corrected chi connectivity index (χ4v) is 3.82. The summed E-state index contributed by atoms with van der Waals surface area (Å²) in [6, 6.07) is 19.8. The number of carboxylic acid groups (broad SMARTS) is 1. The summed E-state index contributed by atoms with van der Waals surface area (Å²) in [6.45, 7) is 3.67. The van der Waals surface area contributed by atoms with Gasteiger partial charge >= 0.3 is 5.97 Å². The minimum atomic E-state index is -1.53. The minimum absolute atomic E-state index is 0.157. The van der Waals surface area contributed by atoms with Gasteiger partial charge in [-0.05, 0) is 61.7 Å². The highest BCUT2D eigenvalue weighted by Crippen LogP contribution is 2.26. The first-order chi connectivity index (χ1) is 16.4. The minimum Gasteiger partial charge on any atom is -0.493 e. The molecule has 0 saturated heterocycles. The van der Waals surface area contributed by atoms with Gasteiger partial charge in [-0.3, -0.25) is 0 Å². The largest absolute Gasteiger partial charge is 0.493 e. The molecule has 7 nitrogen and oxygen atoms in total. The van der Waals surface area contributed by atoms with Crippen LogP contribution in [0.1, 0.15) is 18.4 Å². The maximum atomic E-state index is 11.8. The van der Waals surface area contributed by atoms with Gasteiger partial charge in [-0.25, -0.2) is 9.78 Å². The van der Waals surface area contributed by atoms with E-state index in [1.807, 2.05) is 30.5 Å². The average molecular weight is 480 g/mol. The molecule has 2 aromatic heterocycles. The van der Waals surface area contributed by atoms with Crippen LogP contribution >= 0.6 is 11.3 Å². The van der Waals surface area contributed by atoms with Crippen molar-refractivity contribution in [3.05, 3.63) is 83.6 Å². The molecule has 0 saturated carbocycles. The molecular weight excluding hydrogens is 454 g/mol. The number of benzene rings is 2. The van der Waals surface area contributed by atoms with Crippen LogP contribution in [0.5, 0.6) is 17.2 Å². The molecule has 0 fully saturated rings. The third-order valence-electron chi connectivity index (χ3n) is 5.11. The van der Waals surface area contributed by atoms with E-state index in [0.717, 1.165) is 16.3 Å². The van der Waals surface area contributed by atoms with Gasteiger partial charge in [0.25, 0.3) is 0 Å². The van der Waals surface area contributed by atoms with Crippen LogP contribution < -0.4 is 14.2 Å². The molecule has 0 spiro atoms. The second-order valence-electron chi connectivity index (χ2n) is 7.81. The number of nitrogens with zero attached hydrogens (tertiary/aromatic N) is 1. The van der Waals surface area contributed by atoms with Crippen LogP contribution in [0, 0.1) is 6.92 Å². The Bertz CT molecular complexity index is 1200. The Hall–Kier alpha value is -3.78. The summed E-state index contributed by atoms with van der Waals surface area (Å²) in [5, 5.41) is 11.6. The van der Waals surface area contributed by atoms with Gasteiger partial charge in [0.1, 0.15) is 29.6 Å². The summed E-state index contributed by atoms with van der Waals surface area (Å²) < 4.78 is 23.0. The van der Waals surface area contributed by atoms with E-state index in [0.29, 0.717) is 36.2 Å². The van der Waals surface area contributed by atoms with E-state index in [1.165, 1.54) is 6.92 Å². The number of hydrogen-bond acceptors (Lipinski definition) is 7. The predicted molar refractivity (Wildman–Crippen MR) is 129 cm³/mol. The molecule has 2 heterocycles. The van der Waals surface area contributed by atoms with Gasteiger partial charge in [0.15, 0.2) is 0 Å². The van der Waals surface area contributed by atoms with E-state index < -0.39 is 11.6 Å². The lowest BCUT2D eigenvalue weighted by Crippen LogP contribution is -2.46. The maximum Gasteiger partial charge on any atom is 0.351 e. The van der Waals surface area contributed by atoms with Crippen molar-refractivity contribution in [3.8, 4) is 28.0 Å². The summed E-state index contributed by atoms with van der Waals surface area (Å²) in [5.74, 6) is 1.97. The lowest BCUT2D eigenvalue weighted by molar-refractivity contribution is -0.156. The molecule has 176 valence electrons. The number of thiophene rings is 1. The van der Waals surface area contributed by atoms with E-state index >= 15 is 0 Å². The third kappa shape index (κ3) is 5.77. The highest BCUT2D eigenvalue weighted by molar-refractivity contribution is 7.13. The molecule has 0 unspecified atom stereocenters. The Labute approximate surface area is 201 Å². The standard InChI is InChI=1S/C26H25NO6S/c1-18-22(27-24(32-18)23-9-6-16-34-23)14-15-30-19-10-12-20(13-11-19)31-17-26(2,25(28)29)33-21-7-4-3-5-8-21/h3-13,16H,14-15,17H2,1-2H3,(H,28,29)/t26-/m1/s1. The van der Waals surface area contributed by atoms with E-state index in [2.05, 4.69) is 4.98 Å². The first kappa shape index (κ1) is 23.4. The molecular formula is C26H25NO6S. The highest BCUT2D eigenvalue weighted by atomic mass is 32.1. The quantitative estimate of drug-likeness (QED) is 0.298. The number of carboxylic acids is 1. The van der Waals surface area contributed by atoms with Gasteiger partial charge < -0.3 is 23.7 Å². The summed E-state index contributed by atoms with van der Waals surface area (Å²) in [7, 11) is 0. The molecule has 0 radical (unpaired) electrons. The molecule has 0 aliphatic rings. The lowest BCUT2D eigenvalue weighted by atomic mass is 10.1. The van der Waals surface area contributed by atoms with Gasteiger partial charge in [0.2, 0.25) is 11.5 Å². The second-order valence-corrected chi connectivity index (χ2v) is 8.76. The van der Waals surface area contributed by atoms with Crippen LogP contribution in [0.15, 0.2) is 76.5 Å². The number of para-hydroxylation sites is 1. The summed E-state index contributed by atoms with van der Waals surface area (Å²) in [5.41, 5.74) is -0.664. The van der Waals surface area contributed by atoms with Crippen LogP contribution in [0.2, 0.25) is 0 Å². The zero-order valence-corrected chi connectivity index (χ0v) is 19.7. The van der Waals surface area contributed by atoms with Crippen molar-refractivity contribution in [1.29, 1.82) is 0 Å². The Morgan fingerprint density at radius 2 is 1.71 bits per heavy atom. The first-order valence-corrected chi connectivity index (χ1v) is 11.6. The Morgan fingerprint density at radius 3 is 2.35 bits per heavy atom. The maximum absolute atomic E-state index is 11.8. The smallest absolute Gasteiger partial charge is 0.351 e. The Kier molecular flexibility index (Phi) is 7.18. The number of oxazole rings is 1. The van der Waals surface area contributed by atoms with Crippen LogP contribution in [-0.4, -0.2) is 34.9 Å². The lowest BCUT2D eigenvalue weighted by Gasteiger charge is -2.26. The number of aliphatic carboxylic acids is 1. The van der Waals surface area contributed by atoms with Crippen LogP contribution in [0.3, 0.4) is 0 Å². The first-order valence-electron chi connectivity index (χ1n) is 10.8. The number of aryl methyl sites for hydroxylation is 1. The fourth-order valence-electron chi connectivity index (χ4n) is 3.17. The van der Waals surface area contributed by atoms with Crippen LogP contribution in [0.25, 0.3) is 10.8 Å². The SMILES string of the molecule is Cc1oc(-c2cccs2)nc1CCOc1ccc(OC[C@@](C)(Oc2ccccc2)C(=O)O)cc1. The van der Waals surface area contributed by atoms with Crippen molar-refractivity contribution in [2.24, 2.45) is 0 Å². The highest BCUT2D eigenvalue weighted by Gasteiger charge is 2.37. The predicted octanol–water partition coefficient (Wildman–Crippen LogP) is 5.63. The summed E-state index contributed by atoms with van der Waals surface area (Å²) >= 11 is 1.59. The number of carbonyl (C=O) groups is 1. The molecule has 4 rings (SSSR count). The molecule has 4 aromatic rings. The van der Waals surface area contributed by atoms with E-state index in [1.54, 1.807) is 59.9 Å². The second kappa shape index (κ2) is 10.4. The molecule has 0 aliphatic carbocycles. The van der Waals surface area contributed by atoms with Crippen LogP contribution in [-0.2, 0) is 11.2 Å². The average Bonchev–Trinajstić information content (AvgIpc) is 3.49. The number of ether oxygens (including phenoxy) is 3. The van der Waals surface area contributed by atoms with Crippen molar-refractivity contribution in [2.75, 3.05) is 13.2 Å².